The molecule has 0 saturated carbocycles. The van der Waals surface area contributed by atoms with E-state index in [0.717, 1.165) is 11.3 Å². The first kappa shape index (κ1) is 16.6. The van der Waals surface area contributed by atoms with Crippen molar-refractivity contribution >= 4 is 17.5 Å². The fourth-order valence-corrected chi connectivity index (χ4v) is 3.77. The summed E-state index contributed by atoms with van der Waals surface area (Å²) in [5.41, 5.74) is 1.14. The van der Waals surface area contributed by atoms with Gasteiger partial charge in [0, 0.05) is 18.8 Å². The number of carbonyl (C=O) groups excluding carboxylic acids is 2. The predicted molar refractivity (Wildman–Crippen MR) is 94.5 cm³/mol. The smallest absolute Gasteiger partial charge is 0.236 e. The van der Waals surface area contributed by atoms with Crippen LogP contribution in [-0.4, -0.2) is 36.4 Å². The zero-order valence-corrected chi connectivity index (χ0v) is 14.2. The lowest BCUT2D eigenvalue weighted by atomic mass is 9.81. The molecule has 2 aromatic carbocycles. The Labute approximate surface area is 150 Å². The molecule has 1 atom stereocenters. The van der Waals surface area contributed by atoms with Crippen molar-refractivity contribution in [3.05, 3.63) is 59.9 Å². The second kappa shape index (κ2) is 6.44. The van der Waals surface area contributed by atoms with Crippen LogP contribution in [0.4, 0.5) is 10.1 Å². The number of hydrogen-bond acceptors (Lipinski definition) is 3. The number of halogens is 1. The first-order chi connectivity index (χ1) is 12.6. The number of amides is 2. The van der Waals surface area contributed by atoms with E-state index < -0.39 is 11.2 Å². The van der Waals surface area contributed by atoms with Gasteiger partial charge in [-0.05, 0) is 30.2 Å². The molecule has 2 aliphatic heterocycles. The summed E-state index contributed by atoms with van der Waals surface area (Å²) in [6.45, 7) is 1.00. The second-order valence-electron chi connectivity index (χ2n) is 6.68. The molecule has 2 aliphatic rings. The molecule has 1 fully saturated rings. The zero-order chi connectivity index (χ0) is 18.1. The van der Waals surface area contributed by atoms with Crippen molar-refractivity contribution in [2.75, 3.05) is 25.0 Å². The summed E-state index contributed by atoms with van der Waals surface area (Å²) in [5, 5.41) is 2.92. The number of rotatable bonds is 4. The molecule has 6 heteroatoms. The number of nitrogens with one attached hydrogen (secondary N) is 1. The van der Waals surface area contributed by atoms with Crippen LogP contribution in [0.5, 0.6) is 5.75 Å². The highest BCUT2D eigenvalue weighted by Crippen LogP contribution is 2.44. The average Bonchev–Trinajstić information content (AvgIpc) is 3.21. The van der Waals surface area contributed by atoms with Gasteiger partial charge in [-0.25, -0.2) is 4.39 Å². The molecular formula is C20H19FN2O3. The van der Waals surface area contributed by atoms with Crippen LogP contribution < -0.4 is 10.1 Å². The van der Waals surface area contributed by atoms with Crippen LogP contribution in [-0.2, 0) is 15.0 Å². The maximum atomic E-state index is 13.5. The molecule has 0 aromatic heterocycles. The molecule has 0 bridgehead atoms. The normalized spacial score (nSPS) is 21.0. The molecule has 2 amide bonds. The first-order valence-corrected chi connectivity index (χ1v) is 8.66. The third kappa shape index (κ3) is 2.71. The number of hydrogen-bond donors (Lipinski definition) is 1. The summed E-state index contributed by atoms with van der Waals surface area (Å²) in [4.78, 5) is 26.7. The van der Waals surface area contributed by atoms with E-state index in [0.29, 0.717) is 19.5 Å². The Balaban J connectivity index is 1.39. The highest BCUT2D eigenvalue weighted by Gasteiger charge is 2.51. The number of anilines is 1. The summed E-state index contributed by atoms with van der Waals surface area (Å²) in [5.74, 6) is -0.436. The minimum atomic E-state index is -0.654. The van der Waals surface area contributed by atoms with Gasteiger partial charge in [-0.3, -0.25) is 9.59 Å². The third-order valence-corrected chi connectivity index (χ3v) is 5.16. The van der Waals surface area contributed by atoms with E-state index in [1.54, 1.807) is 17.0 Å². The van der Waals surface area contributed by atoms with Crippen LogP contribution in [0.1, 0.15) is 18.4 Å². The summed E-state index contributed by atoms with van der Waals surface area (Å²) < 4.78 is 18.9. The zero-order valence-electron chi connectivity index (χ0n) is 14.2. The van der Waals surface area contributed by atoms with E-state index in [-0.39, 0.29) is 30.6 Å². The van der Waals surface area contributed by atoms with Gasteiger partial charge in [0.15, 0.2) is 11.6 Å². The van der Waals surface area contributed by atoms with Gasteiger partial charge in [0.2, 0.25) is 11.8 Å². The van der Waals surface area contributed by atoms with Crippen molar-refractivity contribution in [2.24, 2.45) is 0 Å². The van der Waals surface area contributed by atoms with Gasteiger partial charge in [-0.15, -0.1) is 0 Å². The second-order valence-corrected chi connectivity index (χ2v) is 6.68. The molecule has 2 aromatic rings. The largest absolute Gasteiger partial charge is 0.490 e. The third-order valence-electron chi connectivity index (χ3n) is 5.16. The van der Waals surface area contributed by atoms with E-state index in [9.17, 15) is 14.0 Å². The molecule has 1 unspecified atom stereocenters. The predicted octanol–water partition coefficient (Wildman–Crippen LogP) is 2.72. The monoisotopic (exact) mass is 354 g/mol. The lowest BCUT2D eigenvalue weighted by molar-refractivity contribution is -0.131. The van der Waals surface area contributed by atoms with E-state index in [1.807, 2.05) is 24.3 Å². The first-order valence-electron chi connectivity index (χ1n) is 8.66. The molecule has 5 nitrogen and oxygen atoms in total. The van der Waals surface area contributed by atoms with Crippen molar-refractivity contribution < 1.29 is 18.7 Å². The van der Waals surface area contributed by atoms with Gasteiger partial charge >= 0.3 is 0 Å². The molecule has 1 spiro atoms. The quantitative estimate of drug-likeness (QED) is 0.918. The van der Waals surface area contributed by atoms with Gasteiger partial charge in [0.1, 0.15) is 0 Å². The van der Waals surface area contributed by atoms with Crippen molar-refractivity contribution in [2.45, 2.75) is 18.3 Å². The number of para-hydroxylation sites is 2. The summed E-state index contributed by atoms with van der Waals surface area (Å²) in [6.07, 6.45) is 0.753. The van der Waals surface area contributed by atoms with Gasteiger partial charge in [-0.1, -0.05) is 30.3 Å². The standard InChI is InChI=1S/C20H19FN2O3/c21-15-6-2-4-8-17(15)26-12-9-18(24)23-11-10-20(13-23)14-5-1-3-7-16(14)22-19(20)25/h1-8H,9-13H2,(H,22,25). The fourth-order valence-electron chi connectivity index (χ4n) is 3.77. The molecule has 2 heterocycles. The van der Waals surface area contributed by atoms with Crippen molar-refractivity contribution in [3.8, 4) is 5.75 Å². The Bertz CT molecular complexity index is 870. The van der Waals surface area contributed by atoms with Gasteiger partial charge < -0.3 is 15.0 Å². The number of benzene rings is 2. The minimum Gasteiger partial charge on any atom is -0.490 e. The maximum Gasteiger partial charge on any atom is 0.236 e. The summed E-state index contributed by atoms with van der Waals surface area (Å²) in [6, 6.07) is 13.7. The average molecular weight is 354 g/mol. The highest BCUT2D eigenvalue weighted by atomic mass is 19.1. The molecule has 26 heavy (non-hydrogen) atoms. The Hall–Kier alpha value is -2.89. The van der Waals surface area contributed by atoms with E-state index in [4.69, 9.17) is 4.74 Å². The van der Waals surface area contributed by atoms with Gasteiger partial charge in [0.05, 0.1) is 18.4 Å². The van der Waals surface area contributed by atoms with E-state index in [1.165, 1.54) is 12.1 Å². The lowest BCUT2D eigenvalue weighted by Crippen LogP contribution is -2.39. The molecule has 134 valence electrons. The van der Waals surface area contributed by atoms with Crippen LogP contribution in [0, 0.1) is 5.82 Å². The van der Waals surface area contributed by atoms with Crippen LogP contribution in [0.2, 0.25) is 0 Å². The number of likely N-dealkylation sites (tertiary alicyclic amines) is 1. The van der Waals surface area contributed by atoms with Crippen LogP contribution >= 0.6 is 0 Å². The van der Waals surface area contributed by atoms with Crippen molar-refractivity contribution in [1.29, 1.82) is 0 Å². The number of nitrogens with zero attached hydrogens (tertiary/aromatic N) is 1. The Morgan fingerprint density at radius 1 is 1.19 bits per heavy atom. The molecule has 4 rings (SSSR count). The van der Waals surface area contributed by atoms with Crippen LogP contribution in [0.25, 0.3) is 0 Å². The van der Waals surface area contributed by atoms with Crippen molar-refractivity contribution in [1.82, 2.24) is 4.90 Å². The molecular weight excluding hydrogens is 335 g/mol. The van der Waals surface area contributed by atoms with Crippen LogP contribution in [0.3, 0.4) is 0 Å². The van der Waals surface area contributed by atoms with Crippen LogP contribution in [0.15, 0.2) is 48.5 Å². The number of carbonyl (C=O) groups is 2. The fraction of sp³-hybridized carbons (Fsp3) is 0.300. The van der Waals surface area contributed by atoms with E-state index in [2.05, 4.69) is 5.32 Å². The summed E-state index contributed by atoms with van der Waals surface area (Å²) in [7, 11) is 0. The SMILES string of the molecule is O=C(CCOc1ccccc1F)N1CCC2(C1)C(=O)Nc1ccccc12. The van der Waals surface area contributed by atoms with Crippen molar-refractivity contribution in [3.63, 3.8) is 0 Å². The van der Waals surface area contributed by atoms with Gasteiger partial charge in [-0.2, -0.15) is 0 Å². The molecule has 1 saturated heterocycles. The topological polar surface area (TPSA) is 58.6 Å². The highest BCUT2D eigenvalue weighted by molar-refractivity contribution is 6.07. The minimum absolute atomic E-state index is 0.0448. The Kier molecular flexibility index (Phi) is 4.11. The lowest BCUT2D eigenvalue weighted by Gasteiger charge is -2.22. The molecule has 1 N–H and O–H groups in total. The molecule has 0 aliphatic carbocycles. The maximum absolute atomic E-state index is 13.5. The Morgan fingerprint density at radius 3 is 2.81 bits per heavy atom. The summed E-state index contributed by atoms with van der Waals surface area (Å²) >= 11 is 0. The van der Waals surface area contributed by atoms with E-state index >= 15 is 0 Å². The number of fused-ring (bicyclic) bond motifs is 2. The molecule has 0 radical (unpaired) electrons. The van der Waals surface area contributed by atoms with Gasteiger partial charge in [0.25, 0.3) is 0 Å². The number of ether oxygens (including phenoxy) is 1. The Morgan fingerprint density at radius 2 is 1.96 bits per heavy atom.